The number of carbonyl (C=O) groups excluding carboxylic acids is 1. The SMILES string of the molecule is CC1=C(C(=O)O)N2C(=O)[C@H](C(C)(O[SiH](C)C)C(C)(C)C)[C@H]2SS1. The van der Waals surface area contributed by atoms with E-state index in [-0.39, 0.29) is 28.3 Å². The van der Waals surface area contributed by atoms with Gasteiger partial charge in [0.1, 0.15) is 11.1 Å². The molecular formula is C15H25NO4S2Si. The Morgan fingerprint density at radius 2 is 1.87 bits per heavy atom. The van der Waals surface area contributed by atoms with Gasteiger partial charge in [0.25, 0.3) is 0 Å². The van der Waals surface area contributed by atoms with Gasteiger partial charge in [-0.15, -0.1) is 0 Å². The van der Waals surface area contributed by atoms with Gasteiger partial charge in [0.15, 0.2) is 9.04 Å². The highest BCUT2D eigenvalue weighted by atomic mass is 33.1. The fourth-order valence-corrected chi connectivity index (χ4v) is 7.42. The van der Waals surface area contributed by atoms with Crippen LogP contribution in [0.4, 0.5) is 0 Å². The van der Waals surface area contributed by atoms with Gasteiger partial charge >= 0.3 is 5.97 Å². The lowest BCUT2D eigenvalue weighted by atomic mass is 9.66. The number of carboxylic acid groups (broad SMARTS) is 1. The molecule has 1 fully saturated rings. The van der Waals surface area contributed by atoms with Crippen molar-refractivity contribution in [2.45, 2.75) is 58.7 Å². The molecule has 8 heteroatoms. The molecule has 23 heavy (non-hydrogen) atoms. The van der Waals surface area contributed by atoms with Crippen LogP contribution in [0, 0.1) is 11.3 Å². The first-order valence-electron chi connectivity index (χ1n) is 7.70. The highest BCUT2D eigenvalue weighted by Crippen LogP contribution is 2.57. The van der Waals surface area contributed by atoms with Crippen molar-refractivity contribution < 1.29 is 19.1 Å². The Hall–Kier alpha value is -0.443. The molecule has 130 valence electrons. The average molecular weight is 376 g/mol. The largest absolute Gasteiger partial charge is 0.477 e. The summed E-state index contributed by atoms with van der Waals surface area (Å²) < 4.78 is 6.35. The van der Waals surface area contributed by atoms with Gasteiger partial charge in [-0.05, 0) is 32.4 Å². The standard InChI is InChI=1S/C15H25NO4S2Si/c1-8-10(13(18)19)16-11(17)9(12(16)22-21-8)15(5,14(2,3)4)20-23(6)7/h9,12,23H,1-7H3,(H,18,19)/t9-,12+,15?/m0/s1. The Morgan fingerprint density at radius 3 is 2.30 bits per heavy atom. The number of carbonyl (C=O) groups is 2. The average Bonchev–Trinajstić information content (AvgIpc) is 2.36. The quantitative estimate of drug-likeness (QED) is 0.462. The van der Waals surface area contributed by atoms with Crippen molar-refractivity contribution in [2.24, 2.45) is 11.3 Å². The van der Waals surface area contributed by atoms with Gasteiger partial charge in [-0.1, -0.05) is 42.4 Å². The van der Waals surface area contributed by atoms with E-state index < -0.39 is 20.6 Å². The highest BCUT2D eigenvalue weighted by molar-refractivity contribution is 8.78. The first-order valence-corrected chi connectivity index (χ1v) is 12.7. The molecule has 1 saturated heterocycles. The molecule has 2 aliphatic heterocycles. The summed E-state index contributed by atoms with van der Waals surface area (Å²) in [5.41, 5.74) is -0.701. The summed E-state index contributed by atoms with van der Waals surface area (Å²) >= 11 is 0. The molecule has 2 heterocycles. The summed E-state index contributed by atoms with van der Waals surface area (Å²) in [7, 11) is 1.64. The van der Waals surface area contributed by atoms with Crippen molar-refractivity contribution in [2.75, 3.05) is 0 Å². The second-order valence-electron chi connectivity index (χ2n) is 7.49. The maximum absolute atomic E-state index is 12.9. The van der Waals surface area contributed by atoms with Crippen molar-refractivity contribution in [3.05, 3.63) is 10.6 Å². The number of fused-ring (bicyclic) bond motifs is 1. The lowest BCUT2D eigenvalue weighted by molar-refractivity contribution is -0.174. The number of hydrogen-bond acceptors (Lipinski definition) is 5. The van der Waals surface area contributed by atoms with Gasteiger partial charge in [0.05, 0.1) is 11.5 Å². The fraction of sp³-hybridized carbons (Fsp3) is 0.733. The second-order valence-corrected chi connectivity index (χ2v) is 12.4. The van der Waals surface area contributed by atoms with Crippen LogP contribution >= 0.6 is 21.6 Å². The van der Waals surface area contributed by atoms with E-state index in [2.05, 4.69) is 33.9 Å². The first-order chi connectivity index (χ1) is 10.4. The van der Waals surface area contributed by atoms with E-state index in [4.69, 9.17) is 4.43 Å². The van der Waals surface area contributed by atoms with E-state index in [0.29, 0.717) is 4.91 Å². The highest BCUT2D eigenvalue weighted by Gasteiger charge is 2.63. The van der Waals surface area contributed by atoms with E-state index in [0.717, 1.165) is 0 Å². The van der Waals surface area contributed by atoms with E-state index in [1.54, 1.807) is 17.7 Å². The van der Waals surface area contributed by atoms with Crippen molar-refractivity contribution in [1.82, 2.24) is 4.90 Å². The molecule has 2 rings (SSSR count). The molecular weight excluding hydrogens is 350 g/mol. The molecule has 1 N–H and O–H groups in total. The van der Waals surface area contributed by atoms with E-state index in [1.807, 2.05) is 6.92 Å². The molecule has 5 nitrogen and oxygen atoms in total. The van der Waals surface area contributed by atoms with Crippen LogP contribution in [0.15, 0.2) is 10.6 Å². The van der Waals surface area contributed by atoms with E-state index >= 15 is 0 Å². The smallest absolute Gasteiger partial charge is 0.353 e. The molecule has 1 unspecified atom stereocenters. The molecule has 0 bridgehead atoms. The summed E-state index contributed by atoms with van der Waals surface area (Å²) in [5.74, 6) is -1.49. The van der Waals surface area contributed by atoms with Crippen LogP contribution in [0.1, 0.15) is 34.6 Å². The van der Waals surface area contributed by atoms with Gasteiger partial charge in [0.2, 0.25) is 5.91 Å². The predicted molar refractivity (Wildman–Crippen MR) is 97.5 cm³/mol. The van der Waals surface area contributed by atoms with Gasteiger partial charge in [-0.3, -0.25) is 9.69 Å². The lowest BCUT2D eigenvalue weighted by Crippen LogP contribution is -2.71. The number of hydrogen-bond donors (Lipinski definition) is 1. The number of amides is 1. The Labute approximate surface area is 147 Å². The molecule has 2 aliphatic rings. The predicted octanol–water partition coefficient (Wildman–Crippen LogP) is 3.29. The molecule has 0 aromatic heterocycles. The zero-order valence-corrected chi connectivity index (χ0v) is 17.5. The maximum atomic E-state index is 12.9. The van der Waals surface area contributed by atoms with Crippen LogP contribution in [0.5, 0.6) is 0 Å². The third-order valence-corrected chi connectivity index (χ3v) is 8.47. The number of allylic oxidation sites excluding steroid dienone is 1. The molecule has 0 spiro atoms. The van der Waals surface area contributed by atoms with Gasteiger partial charge in [-0.25, -0.2) is 4.79 Å². The third-order valence-electron chi connectivity index (χ3n) is 4.65. The number of β-lactam (4-membered cyclic amide) rings is 1. The Bertz CT molecular complexity index is 572. The molecule has 3 atom stereocenters. The molecule has 0 aromatic rings. The van der Waals surface area contributed by atoms with Crippen LogP contribution in [-0.4, -0.2) is 41.9 Å². The molecule has 0 saturated carbocycles. The second kappa shape index (κ2) is 6.13. The zero-order valence-electron chi connectivity index (χ0n) is 14.7. The maximum Gasteiger partial charge on any atom is 0.353 e. The number of rotatable bonds is 4. The van der Waals surface area contributed by atoms with Crippen LogP contribution in [0.3, 0.4) is 0 Å². The van der Waals surface area contributed by atoms with Crippen LogP contribution in [0.2, 0.25) is 13.1 Å². The molecule has 0 aromatic carbocycles. The van der Waals surface area contributed by atoms with Gasteiger partial charge in [-0.2, -0.15) is 0 Å². The third kappa shape index (κ3) is 2.98. The number of nitrogens with zero attached hydrogens (tertiary/aromatic N) is 1. The monoisotopic (exact) mass is 375 g/mol. The van der Waals surface area contributed by atoms with Crippen LogP contribution in [0.25, 0.3) is 0 Å². The Kier molecular flexibility index (Phi) is 5.03. The van der Waals surface area contributed by atoms with Crippen molar-refractivity contribution in [3.63, 3.8) is 0 Å². The van der Waals surface area contributed by atoms with Gasteiger partial charge in [0, 0.05) is 4.91 Å². The Morgan fingerprint density at radius 1 is 1.30 bits per heavy atom. The normalized spacial score (nSPS) is 27.7. The van der Waals surface area contributed by atoms with Crippen molar-refractivity contribution in [3.8, 4) is 0 Å². The fourth-order valence-electron chi connectivity index (χ4n) is 3.10. The number of aliphatic carboxylic acids is 1. The lowest BCUT2D eigenvalue weighted by Gasteiger charge is -2.59. The van der Waals surface area contributed by atoms with Crippen LogP contribution in [-0.2, 0) is 14.0 Å². The summed E-state index contributed by atoms with van der Waals surface area (Å²) in [6, 6.07) is 0. The zero-order chi connectivity index (χ0) is 17.7. The van der Waals surface area contributed by atoms with E-state index in [9.17, 15) is 14.7 Å². The minimum Gasteiger partial charge on any atom is -0.477 e. The molecule has 0 radical (unpaired) electrons. The minimum absolute atomic E-state index is 0.123. The summed E-state index contributed by atoms with van der Waals surface area (Å²) in [6.45, 7) is 14.2. The van der Waals surface area contributed by atoms with Gasteiger partial charge < -0.3 is 9.53 Å². The van der Waals surface area contributed by atoms with E-state index in [1.165, 1.54) is 15.7 Å². The Balaban J connectivity index is 2.40. The summed E-state index contributed by atoms with van der Waals surface area (Å²) in [5, 5.41) is 9.26. The summed E-state index contributed by atoms with van der Waals surface area (Å²) in [6.07, 6.45) is 0. The molecule has 0 aliphatic carbocycles. The molecule has 1 amide bonds. The van der Waals surface area contributed by atoms with Crippen molar-refractivity contribution >= 4 is 42.5 Å². The topological polar surface area (TPSA) is 66.8 Å². The van der Waals surface area contributed by atoms with Crippen LogP contribution < -0.4 is 0 Å². The van der Waals surface area contributed by atoms with Crippen molar-refractivity contribution in [1.29, 1.82) is 0 Å². The summed E-state index contributed by atoms with van der Waals surface area (Å²) in [4.78, 5) is 26.5. The number of carboxylic acids is 1. The minimum atomic E-state index is -1.37. The first kappa shape index (κ1) is 18.9.